The van der Waals surface area contributed by atoms with Crippen LogP contribution in [-0.4, -0.2) is 21.0 Å². The fraction of sp³-hybridized carbons (Fsp3) is 0.200. The van der Waals surface area contributed by atoms with Crippen LogP contribution in [0.2, 0.25) is 0 Å². The maximum atomic E-state index is 14.9. The van der Waals surface area contributed by atoms with Gasteiger partial charge in [0.05, 0.1) is 5.69 Å². The number of nitrogens with zero attached hydrogens (tertiary/aromatic N) is 4. The minimum Gasteiger partial charge on any atom is -0.438 e. The maximum Gasteiger partial charge on any atom is 0.471 e. The quantitative estimate of drug-likeness (QED) is 0.428. The first-order valence-electron chi connectivity index (χ1n) is 9.19. The highest BCUT2D eigenvalue weighted by molar-refractivity contribution is 5.96. The van der Waals surface area contributed by atoms with Crippen LogP contribution in [0.5, 0.6) is 0 Å². The molecule has 1 unspecified atom stereocenters. The molecule has 31 heavy (non-hydrogen) atoms. The normalized spacial score (nSPS) is 17.1. The van der Waals surface area contributed by atoms with E-state index in [0.717, 1.165) is 6.07 Å². The fourth-order valence-electron chi connectivity index (χ4n) is 3.55. The molecule has 1 aliphatic rings. The van der Waals surface area contributed by atoms with E-state index in [1.165, 1.54) is 17.0 Å². The lowest BCUT2D eigenvalue weighted by molar-refractivity contribution is -0.159. The number of amides is 1. The number of fused-ring (bicyclic) bond motifs is 1. The summed E-state index contributed by atoms with van der Waals surface area (Å²) in [5, 5.41) is 3.24. The molecule has 158 valence electrons. The van der Waals surface area contributed by atoms with Gasteiger partial charge in [-0.05, 0) is 36.8 Å². The molecule has 2 aromatic carbocycles. The molecule has 3 heterocycles. The Morgan fingerprint density at radius 2 is 1.90 bits per heavy atom. The Bertz CT molecular complexity index is 1260. The largest absolute Gasteiger partial charge is 0.471 e. The van der Waals surface area contributed by atoms with Crippen LogP contribution < -0.4 is 4.90 Å². The zero-order valence-corrected chi connectivity index (χ0v) is 15.6. The van der Waals surface area contributed by atoms with Gasteiger partial charge in [0.15, 0.2) is 5.58 Å². The van der Waals surface area contributed by atoms with E-state index in [1.807, 2.05) is 0 Å². The van der Waals surface area contributed by atoms with E-state index in [2.05, 4.69) is 19.6 Å². The van der Waals surface area contributed by atoms with Gasteiger partial charge in [-0.2, -0.15) is 18.2 Å². The summed E-state index contributed by atoms with van der Waals surface area (Å²) in [4.78, 5) is 21.4. The second-order valence-electron chi connectivity index (χ2n) is 6.93. The predicted molar refractivity (Wildman–Crippen MR) is 98.2 cm³/mol. The minimum absolute atomic E-state index is 0.0226. The monoisotopic (exact) mass is 432 g/mol. The van der Waals surface area contributed by atoms with Crippen LogP contribution in [0.25, 0.3) is 22.5 Å². The second kappa shape index (κ2) is 6.89. The number of carbonyl (C=O) groups is 1. The maximum absolute atomic E-state index is 14.9. The number of hydrogen-bond donors (Lipinski definition) is 0. The summed E-state index contributed by atoms with van der Waals surface area (Å²) < 4.78 is 62.9. The van der Waals surface area contributed by atoms with Crippen LogP contribution in [0.15, 0.2) is 51.4 Å². The lowest BCUT2D eigenvalue weighted by Gasteiger charge is -2.23. The van der Waals surface area contributed by atoms with Crippen LogP contribution >= 0.6 is 0 Å². The van der Waals surface area contributed by atoms with Gasteiger partial charge in [0.1, 0.15) is 17.4 Å². The molecule has 1 fully saturated rings. The molecule has 1 aliphatic heterocycles. The molecule has 0 N–H and O–H groups in total. The first-order chi connectivity index (χ1) is 14.8. The molecule has 7 nitrogen and oxygen atoms in total. The number of carbonyl (C=O) groups excluding carboxylic acids is 1. The Morgan fingerprint density at radius 1 is 1.10 bits per heavy atom. The van der Waals surface area contributed by atoms with Gasteiger partial charge >= 0.3 is 12.1 Å². The van der Waals surface area contributed by atoms with Crippen molar-refractivity contribution in [2.45, 2.75) is 25.1 Å². The third-order valence-electron chi connectivity index (χ3n) is 4.94. The van der Waals surface area contributed by atoms with Crippen LogP contribution in [-0.2, 0) is 11.0 Å². The fourth-order valence-corrected chi connectivity index (χ4v) is 3.55. The summed E-state index contributed by atoms with van der Waals surface area (Å²) in [7, 11) is 0. The first-order valence-corrected chi connectivity index (χ1v) is 9.19. The van der Waals surface area contributed by atoms with Crippen molar-refractivity contribution in [3.63, 3.8) is 0 Å². The molecule has 1 atom stereocenters. The van der Waals surface area contributed by atoms with Crippen LogP contribution in [0.4, 0.5) is 23.2 Å². The highest BCUT2D eigenvalue weighted by atomic mass is 19.4. The number of para-hydroxylation sites is 2. The number of halogens is 4. The number of alkyl halides is 3. The summed E-state index contributed by atoms with van der Waals surface area (Å²) in [6, 6.07) is 10.0. The number of rotatable bonds is 3. The van der Waals surface area contributed by atoms with Crippen molar-refractivity contribution < 1.29 is 31.3 Å². The molecule has 1 saturated heterocycles. The number of aromatic nitrogens is 3. The Kier molecular flexibility index (Phi) is 4.27. The molecule has 0 radical (unpaired) electrons. The summed E-state index contributed by atoms with van der Waals surface area (Å²) >= 11 is 0. The lowest BCUT2D eigenvalue weighted by atomic mass is 10.1. The summed E-state index contributed by atoms with van der Waals surface area (Å²) in [6.07, 6.45) is -4.25. The van der Waals surface area contributed by atoms with Gasteiger partial charge in [-0.25, -0.2) is 9.37 Å². The van der Waals surface area contributed by atoms with E-state index in [9.17, 15) is 22.4 Å². The number of anilines is 1. The minimum atomic E-state index is -4.81. The summed E-state index contributed by atoms with van der Waals surface area (Å²) in [5.41, 5.74) is 1.10. The van der Waals surface area contributed by atoms with Crippen molar-refractivity contribution >= 4 is 22.7 Å². The third kappa shape index (κ3) is 3.31. The van der Waals surface area contributed by atoms with Crippen molar-refractivity contribution in [1.29, 1.82) is 0 Å². The Labute approximate surface area is 171 Å². The standard InChI is InChI=1S/C20H12F4N4O3/c21-11-9-10(17-26-19(31-27-17)20(22,23)24)5-6-13(11)28-14(7-8-16(28)29)18-25-12-3-1-2-4-15(12)30-18/h1-6,9,14H,7-8H2. The lowest BCUT2D eigenvalue weighted by Crippen LogP contribution is -2.28. The molecule has 2 aromatic heterocycles. The van der Waals surface area contributed by atoms with E-state index in [4.69, 9.17) is 4.42 Å². The van der Waals surface area contributed by atoms with Crippen LogP contribution in [0.3, 0.4) is 0 Å². The molecule has 5 rings (SSSR count). The molecular weight excluding hydrogens is 420 g/mol. The van der Waals surface area contributed by atoms with Crippen LogP contribution in [0.1, 0.15) is 30.7 Å². The highest BCUT2D eigenvalue weighted by Gasteiger charge is 2.39. The number of oxazole rings is 1. The van der Waals surface area contributed by atoms with Crippen molar-refractivity contribution in [1.82, 2.24) is 15.1 Å². The van der Waals surface area contributed by atoms with Crippen molar-refractivity contribution in [2.24, 2.45) is 0 Å². The molecule has 1 amide bonds. The van der Waals surface area contributed by atoms with Gasteiger partial charge in [-0.1, -0.05) is 17.3 Å². The average Bonchev–Trinajstić information content (AvgIpc) is 3.45. The first kappa shape index (κ1) is 19.2. The predicted octanol–water partition coefficient (Wildman–Crippen LogP) is 4.90. The molecule has 4 aromatic rings. The second-order valence-corrected chi connectivity index (χ2v) is 6.93. The number of hydrogen-bond acceptors (Lipinski definition) is 6. The third-order valence-corrected chi connectivity index (χ3v) is 4.94. The zero-order valence-electron chi connectivity index (χ0n) is 15.6. The van der Waals surface area contributed by atoms with E-state index < -0.39 is 29.8 Å². The van der Waals surface area contributed by atoms with Crippen LogP contribution in [0, 0.1) is 5.82 Å². The zero-order chi connectivity index (χ0) is 21.8. The SMILES string of the molecule is O=C1CCC(c2nc3ccccc3o2)N1c1ccc(-c2noc(C(F)(F)F)n2)cc1F. The van der Waals surface area contributed by atoms with Gasteiger partial charge in [0.25, 0.3) is 0 Å². The van der Waals surface area contributed by atoms with Crippen molar-refractivity contribution in [2.75, 3.05) is 4.90 Å². The van der Waals surface area contributed by atoms with Gasteiger partial charge < -0.3 is 8.94 Å². The summed E-state index contributed by atoms with van der Waals surface area (Å²) in [5.74, 6) is -2.81. The molecular formula is C20H12F4N4O3. The van der Waals surface area contributed by atoms with E-state index >= 15 is 0 Å². The Balaban J connectivity index is 1.49. The number of benzene rings is 2. The van der Waals surface area contributed by atoms with Gasteiger partial charge in [0, 0.05) is 12.0 Å². The van der Waals surface area contributed by atoms with Gasteiger partial charge in [-0.3, -0.25) is 9.69 Å². The van der Waals surface area contributed by atoms with E-state index in [1.54, 1.807) is 24.3 Å². The molecule has 11 heteroatoms. The highest BCUT2D eigenvalue weighted by Crippen LogP contribution is 2.39. The topological polar surface area (TPSA) is 85.3 Å². The molecule has 0 saturated carbocycles. The molecule has 0 aliphatic carbocycles. The van der Waals surface area contributed by atoms with E-state index in [-0.39, 0.29) is 29.5 Å². The van der Waals surface area contributed by atoms with Crippen molar-refractivity contribution in [3.8, 4) is 11.4 Å². The van der Waals surface area contributed by atoms with Gasteiger partial charge in [-0.15, -0.1) is 0 Å². The summed E-state index contributed by atoms with van der Waals surface area (Å²) in [6.45, 7) is 0. The Morgan fingerprint density at radius 3 is 2.61 bits per heavy atom. The van der Waals surface area contributed by atoms with Crippen molar-refractivity contribution in [3.05, 3.63) is 60.1 Å². The van der Waals surface area contributed by atoms with E-state index in [0.29, 0.717) is 17.5 Å². The molecule has 0 spiro atoms. The van der Waals surface area contributed by atoms with Gasteiger partial charge in [0.2, 0.25) is 17.6 Å². The Hall–Kier alpha value is -3.76. The smallest absolute Gasteiger partial charge is 0.438 e. The molecule has 0 bridgehead atoms. The average molecular weight is 432 g/mol.